The Morgan fingerprint density at radius 1 is 0.446 bits per heavy atom. The molecule has 0 saturated carbocycles. The first-order chi connectivity index (χ1) is 35.8. The highest BCUT2D eigenvalue weighted by molar-refractivity contribution is 7.32. The molecule has 0 amide bonds. The molecule has 0 bridgehead atoms. The summed E-state index contributed by atoms with van der Waals surface area (Å²) < 4.78 is 5.24. The number of nitrogens with zero attached hydrogens (tertiary/aromatic N) is 4. The maximum absolute atomic E-state index is 13.6. The van der Waals surface area contributed by atoms with Crippen molar-refractivity contribution in [2.24, 2.45) is 0 Å². The normalized spacial score (nSPS) is 16.3. The summed E-state index contributed by atoms with van der Waals surface area (Å²) in [5.74, 6) is -0.351. The minimum atomic E-state index is -0.210. The number of thiophene rings is 6. The van der Waals surface area contributed by atoms with Crippen molar-refractivity contribution in [2.45, 2.75) is 38.5 Å². The smallest absolute Gasteiger partial charge is 0.194 e. The van der Waals surface area contributed by atoms with Crippen LogP contribution in [0, 0.1) is 45.3 Å². The van der Waals surface area contributed by atoms with Gasteiger partial charge in [0.15, 0.2) is 11.6 Å². The molecule has 0 unspecified atom stereocenters. The second-order valence-electron chi connectivity index (χ2n) is 19.8. The number of nitriles is 4. The van der Waals surface area contributed by atoms with Gasteiger partial charge in [-0.2, -0.15) is 21.0 Å². The van der Waals surface area contributed by atoms with Crippen LogP contribution in [-0.4, -0.2) is 11.6 Å². The fourth-order valence-corrected chi connectivity index (χ4v) is 19.5. The Morgan fingerprint density at radius 2 is 0.838 bits per heavy atom. The zero-order chi connectivity index (χ0) is 50.7. The van der Waals surface area contributed by atoms with Crippen LogP contribution in [0.2, 0.25) is 0 Å². The van der Waals surface area contributed by atoms with Gasteiger partial charge in [0.05, 0.1) is 9.40 Å². The molecule has 6 heterocycles. The topological polar surface area (TPSA) is 129 Å². The molecule has 10 aromatic rings. The zero-order valence-corrected chi connectivity index (χ0v) is 44.5. The second-order valence-corrected chi connectivity index (χ2v) is 26.3. The number of hydrogen-bond acceptors (Lipinski definition) is 12. The standard InChI is InChI=1S/C62H32N4O2S6/c1-61(2)43-17-29-19-49(45-15-13-33(69-45)21-41-51(31(25-63)26-64)35-9-5-7-11-37(35)55(41)67)71-47(29)23-39(43)57-53(61)59-60(73-57)54-58(74-59)40-24-48-30(18-44(40)62(54,3)4)20-50(72-48)46-16-14-34(70-46)22-42-52(32(27-65)28-66)36-10-6-8-12-38(36)56(42)68/h5-24H,1-4H3/b41-21-,42-22-. The van der Waals surface area contributed by atoms with E-state index in [-0.39, 0.29) is 33.5 Å². The molecule has 6 nitrogen and oxygen atoms in total. The Kier molecular flexibility index (Phi) is 9.57. The number of rotatable bonds is 4. The first-order valence-corrected chi connectivity index (χ1v) is 28.5. The maximum Gasteiger partial charge on any atom is 0.194 e. The predicted molar refractivity (Wildman–Crippen MR) is 306 cm³/mol. The van der Waals surface area contributed by atoms with E-state index in [1.807, 2.05) is 83.4 Å². The number of benzene rings is 4. The van der Waals surface area contributed by atoms with E-state index in [1.54, 1.807) is 81.7 Å². The first-order valence-electron chi connectivity index (χ1n) is 23.6. The first kappa shape index (κ1) is 44.8. The van der Waals surface area contributed by atoms with Crippen molar-refractivity contribution in [2.75, 3.05) is 0 Å². The highest BCUT2D eigenvalue weighted by atomic mass is 32.1. The van der Waals surface area contributed by atoms with E-state index in [2.05, 4.69) is 76.2 Å². The van der Waals surface area contributed by atoms with Crippen LogP contribution in [0.3, 0.4) is 0 Å². The van der Waals surface area contributed by atoms with Crippen LogP contribution in [0.5, 0.6) is 0 Å². The van der Waals surface area contributed by atoms with Gasteiger partial charge in [0.25, 0.3) is 0 Å². The lowest BCUT2D eigenvalue weighted by atomic mass is 9.81. The van der Waals surface area contributed by atoms with Gasteiger partial charge in [0, 0.05) is 92.7 Å². The van der Waals surface area contributed by atoms with E-state index in [4.69, 9.17) is 0 Å². The molecule has 6 aromatic heterocycles. The lowest BCUT2D eigenvalue weighted by molar-refractivity contribution is 0.103. The molecule has 0 N–H and O–H groups in total. The molecule has 4 aromatic carbocycles. The van der Waals surface area contributed by atoms with Crippen molar-refractivity contribution in [3.05, 3.63) is 186 Å². The van der Waals surface area contributed by atoms with Crippen molar-refractivity contribution >= 4 is 132 Å². The molecule has 0 fully saturated rings. The Morgan fingerprint density at radius 3 is 1.23 bits per heavy atom. The van der Waals surface area contributed by atoms with Crippen LogP contribution in [0.4, 0.5) is 0 Å². The van der Waals surface area contributed by atoms with Gasteiger partial charge in [-0.3, -0.25) is 9.59 Å². The number of fused-ring (bicyclic) bond motifs is 13. The van der Waals surface area contributed by atoms with E-state index >= 15 is 0 Å². The molecular formula is C62H32N4O2S6. The minimum Gasteiger partial charge on any atom is -0.289 e. The van der Waals surface area contributed by atoms with Gasteiger partial charge in [-0.25, -0.2) is 0 Å². The van der Waals surface area contributed by atoms with Crippen molar-refractivity contribution < 1.29 is 9.59 Å². The summed E-state index contributed by atoms with van der Waals surface area (Å²) in [5, 5.41) is 41.7. The van der Waals surface area contributed by atoms with Gasteiger partial charge in [-0.15, -0.1) is 68.0 Å². The summed E-state index contributed by atoms with van der Waals surface area (Å²) in [4.78, 5) is 36.2. The highest BCUT2D eigenvalue weighted by Gasteiger charge is 2.46. The van der Waals surface area contributed by atoms with E-state index in [0.29, 0.717) is 44.5 Å². The van der Waals surface area contributed by atoms with E-state index < -0.39 is 0 Å². The predicted octanol–water partition coefficient (Wildman–Crippen LogP) is 17.6. The Bertz CT molecular complexity index is 4320. The van der Waals surface area contributed by atoms with E-state index in [9.17, 15) is 30.6 Å². The van der Waals surface area contributed by atoms with Crippen molar-refractivity contribution in [1.29, 1.82) is 21.0 Å². The monoisotopic (exact) mass is 1060 g/mol. The number of hydrogen-bond donors (Lipinski definition) is 0. The fraction of sp³-hybridized carbons (Fsp3) is 0.0968. The van der Waals surface area contributed by atoms with E-state index in [1.165, 1.54) is 72.7 Å². The Balaban J connectivity index is 0.786. The van der Waals surface area contributed by atoms with Crippen LogP contribution < -0.4 is 0 Å². The van der Waals surface area contributed by atoms with Crippen molar-refractivity contribution in [3.8, 4) is 64.7 Å². The van der Waals surface area contributed by atoms with Crippen LogP contribution in [0.1, 0.15) is 91.5 Å². The summed E-state index contributed by atoms with van der Waals surface area (Å²) in [5.41, 5.74) is 11.5. The molecular weight excluding hydrogens is 1030 g/mol. The lowest BCUT2D eigenvalue weighted by Gasteiger charge is -2.22. The highest BCUT2D eigenvalue weighted by Crippen LogP contribution is 2.64. The maximum atomic E-state index is 13.6. The lowest BCUT2D eigenvalue weighted by Crippen LogP contribution is -2.15. The molecule has 0 spiro atoms. The van der Waals surface area contributed by atoms with Gasteiger partial charge in [0.1, 0.15) is 35.4 Å². The molecule has 0 atom stereocenters. The quantitative estimate of drug-likeness (QED) is 0.127. The third-order valence-corrected chi connectivity index (χ3v) is 22.4. The van der Waals surface area contributed by atoms with Gasteiger partial charge >= 0.3 is 0 Å². The van der Waals surface area contributed by atoms with Crippen molar-refractivity contribution in [3.63, 3.8) is 0 Å². The summed E-state index contributed by atoms with van der Waals surface area (Å²) in [6.45, 7) is 9.50. The second kappa shape index (κ2) is 15.8. The zero-order valence-electron chi connectivity index (χ0n) is 39.6. The Labute approximate surface area is 448 Å². The van der Waals surface area contributed by atoms with Crippen LogP contribution in [-0.2, 0) is 10.8 Å². The molecule has 0 aliphatic heterocycles. The van der Waals surface area contributed by atoms with Gasteiger partial charge in [-0.05, 0) is 128 Å². The molecule has 74 heavy (non-hydrogen) atoms. The summed E-state index contributed by atoms with van der Waals surface area (Å²) in [6, 6.07) is 44.8. The van der Waals surface area contributed by atoms with E-state index in [0.717, 1.165) is 29.3 Å². The number of carbonyl (C=O) groups excluding carboxylic acids is 2. The molecule has 14 rings (SSSR count). The molecule has 0 radical (unpaired) electrons. The third-order valence-electron chi connectivity index (χ3n) is 15.1. The van der Waals surface area contributed by atoms with Gasteiger partial charge in [0.2, 0.25) is 0 Å². The average molecular weight is 1060 g/mol. The number of Topliss-reactive ketones (excluding diaryl/α,β-unsaturated/α-hetero) is 2. The minimum absolute atomic E-state index is 0.0628. The molecule has 12 heteroatoms. The molecule has 0 saturated heterocycles. The molecule has 4 aliphatic carbocycles. The number of allylic oxidation sites excluding steroid dienone is 6. The largest absolute Gasteiger partial charge is 0.289 e. The average Bonchev–Trinajstić information content (AvgIpc) is 4.30. The summed E-state index contributed by atoms with van der Waals surface area (Å²) in [6.07, 6.45) is 3.66. The number of ketones is 2. The summed E-state index contributed by atoms with van der Waals surface area (Å²) in [7, 11) is 0. The summed E-state index contributed by atoms with van der Waals surface area (Å²) >= 11 is 10.7. The fourth-order valence-electron chi connectivity index (χ4n) is 11.6. The van der Waals surface area contributed by atoms with Crippen LogP contribution in [0.15, 0.2) is 131 Å². The molecule has 348 valence electrons. The molecule has 4 aliphatic rings. The third kappa shape index (κ3) is 6.13. The van der Waals surface area contributed by atoms with Crippen LogP contribution in [0.25, 0.3) is 93.3 Å². The van der Waals surface area contributed by atoms with Crippen LogP contribution >= 0.6 is 68.0 Å². The van der Waals surface area contributed by atoms with Crippen molar-refractivity contribution in [1.82, 2.24) is 0 Å². The van der Waals surface area contributed by atoms with Gasteiger partial charge in [-0.1, -0.05) is 76.2 Å². The number of carbonyl (C=O) groups is 2. The SMILES string of the molecule is CC1(C)c2cc3cc(-c4ccc(/C=C5\C(=O)c6ccccc6C5=C(C#N)C#N)s4)sc3cc2-c2sc3c4c(sc3c21)-c1cc2sc(-c3ccc(/C=C5\C(=O)c6ccccc6C5=C(C#N)C#N)s3)cc2cc1C4(C)C. The van der Waals surface area contributed by atoms with Gasteiger partial charge < -0.3 is 0 Å². The Hall–Kier alpha value is -7.88.